The molecular formula is C14H23N3O2. The summed E-state index contributed by atoms with van der Waals surface area (Å²) >= 11 is 0. The quantitative estimate of drug-likeness (QED) is 0.413. The van der Waals surface area contributed by atoms with E-state index in [0.717, 1.165) is 13.0 Å². The second-order valence-corrected chi connectivity index (χ2v) is 4.93. The predicted molar refractivity (Wildman–Crippen MR) is 77.2 cm³/mol. The number of nitrogens with two attached hydrogens (primary N) is 1. The minimum Gasteiger partial charge on any atom is -0.505 e. The summed E-state index contributed by atoms with van der Waals surface area (Å²) in [5.74, 6) is -0.448. The van der Waals surface area contributed by atoms with Gasteiger partial charge in [-0.25, -0.2) is 0 Å². The zero-order valence-corrected chi connectivity index (χ0v) is 11.8. The van der Waals surface area contributed by atoms with E-state index in [-0.39, 0.29) is 22.9 Å². The first-order valence-electron chi connectivity index (χ1n) is 6.49. The molecule has 4 N–H and O–H groups in total. The first-order chi connectivity index (χ1) is 8.93. The minimum absolute atomic E-state index is 0.153. The highest BCUT2D eigenvalue weighted by Crippen LogP contribution is 2.23. The van der Waals surface area contributed by atoms with Gasteiger partial charge in [0.2, 0.25) is 0 Å². The predicted octanol–water partition coefficient (Wildman–Crippen LogP) is 1.43. The number of carbonyl (C=O) groups is 1. The number of phenolic OH excluding ortho intramolecular Hbond substituents is 1. The molecule has 0 fully saturated rings. The average molecular weight is 265 g/mol. The van der Waals surface area contributed by atoms with Crippen LogP contribution in [0.25, 0.3) is 0 Å². The van der Waals surface area contributed by atoms with Crippen LogP contribution in [0.1, 0.15) is 30.6 Å². The second-order valence-electron chi connectivity index (χ2n) is 4.93. The van der Waals surface area contributed by atoms with Gasteiger partial charge in [0.25, 0.3) is 5.91 Å². The Morgan fingerprint density at radius 2 is 2.16 bits per heavy atom. The van der Waals surface area contributed by atoms with Gasteiger partial charge in [-0.15, -0.1) is 0 Å². The zero-order valence-electron chi connectivity index (χ0n) is 11.8. The Kier molecular flexibility index (Phi) is 5.63. The fourth-order valence-electron chi connectivity index (χ4n) is 1.63. The number of para-hydroxylation sites is 1. The van der Waals surface area contributed by atoms with Crippen molar-refractivity contribution in [1.29, 1.82) is 0 Å². The third-order valence-corrected chi connectivity index (χ3v) is 3.17. The highest BCUT2D eigenvalue weighted by Gasteiger charge is 2.12. The monoisotopic (exact) mass is 265 g/mol. The van der Waals surface area contributed by atoms with Gasteiger partial charge in [0.15, 0.2) is 5.75 Å². The number of nitrogen functional groups attached to an aromatic ring is 1. The summed E-state index contributed by atoms with van der Waals surface area (Å²) in [6, 6.07) is 5.26. The second kappa shape index (κ2) is 6.99. The van der Waals surface area contributed by atoms with Crippen molar-refractivity contribution in [3.8, 4) is 5.75 Å². The number of rotatable bonds is 6. The van der Waals surface area contributed by atoms with E-state index < -0.39 is 0 Å². The molecule has 0 aliphatic carbocycles. The van der Waals surface area contributed by atoms with Crippen LogP contribution in [0.5, 0.6) is 5.75 Å². The molecule has 5 heteroatoms. The standard InChI is InChI=1S/C14H23N3O2/c1-10(2)17(3)9-5-8-16-14(19)11-6-4-7-12(15)13(11)18/h4,6-7,10,18H,5,8-9,15H2,1-3H3,(H,16,19). The summed E-state index contributed by atoms with van der Waals surface area (Å²) in [6.45, 7) is 5.75. The van der Waals surface area contributed by atoms with Gasteiger partial charge in [-0.3, -0.25) is 4.79 Å². The van der Waals surface area contributed by atoms with Gasteiger partial charge < -0.3 is 21.1 Å². The molecule has 0 atom stereocenters. The molecule has 0 saturated carbocycles. The van der Waals surface area contributed by atoms with Gasteiger partial charge in [-0.2, -0.15) is 0 Å². The Bertz CT molecular complexity index is 433. The zero-order chi connectivity index (χ0) is 14.4. The van der Waals surface area contributed by atoms with Crippen molar-refractivity contribution in [2.24, 2.45) is 0 Å². The number of anilines is 1. The van der Waals surface area contributed by atoms with Gasteiger partial charge in [0.05, 0.1) is 11.3 Å². The molecule has 0 radical (unpaired) electrons. The Hall–Kier alpha value is -1.75. The van der Waals surface area contributed by atoms with Gasteiger partial charge in [-0.05, 0) is 46.0 Å². The van der Waals surface area contributed by atoms with Gasteiger partial charge in [-0.1, -0.05) is 6.07 Å². The third kappa shape index (κ3) is 4.44. The van der Waals surface area contributed by atoms with Crippen molar-refractivity contribution in [3.05, 3.63) is 23.8 Å². The normalized spacial score (nSPS) is 11.0. The molecule has 0 aliphatic heterocycles. The lowest BCUT2D eigenvalue weighted by Gasteiger charge is -2.20. The van der Waals surface area contributed by atoms with Crippen LogP contribution in [0.15, 0.2) is 18.2 Å². The number of hydrogen-bond donors (Lipinski definition) is 3. The van der Waals surface area contributed by atoms with Crippen molar-refractivity contribution in [3.63, 3.8) is 0 Å². The maximum absolute atomic E-state index is 11.9. The number of carbonyl (C=O) groups excluding carboxylic acids is 1. The van der Waals surface area contributed by atoms with Crippen molar-refractivity contribution in [1.82, 2.24) is 10.2 Å². The van der Waals surface area contributed by atoms with Gasteiger partial charge in [0, 0.05) is 12.6 Å². The van der Waals surface area contributed by atoms with Gasteiger partial charge in [0.1, 0.15) is 0 Å². The van der Waals surface area contributed by atoms with Crippen LogP contribution >= 0.6 is 0 Å². The number of phenols is 1. The fourth-order valence-corrected chi connectivity index (χ4v) is 1.63. The highest BCUT2D eigenvalue weighted by atomic mass is 16.3. The van der Waals surface area contributed by atoms with E-state index in [2.05, 4.69) is 31.1 Å². The Labute approximate surface area is 114 Å². The van der Waals surface area contributed by atoms with Crippen LogP contribution in [0, 0.1) is 0 Å². The summed E-state index contributed by atoms with van der Waals surface area (Å²) in [5, 5.41) is 12.5. The summed E-state index contributed by atoms with van der Waals surface area (Å²) in [6.07, 6.45) is 0.865. The van der Waals surface area contributed by atoms with Crippen LogP contribution in [-0.2, 0) is 0 Å². The van der Waals surface area contributed by atoms with Crippen LogP contribution in [0.4, 0.5) is 5.69 Å². The topological polar surface area (TPSA) is 78.6 Å². The van der Waals surface area contributed by atoms with Crippen LogP contribution in [0.2, 0.25) is 0 Å². The molecule has 0 aromatic heterocycles. The summed E-state index contributed by atoms with van der Waals surface area (Å²) < 4.78 is 0. The lowest BCUT2D eigenvalue weighted by Crippen LogP contribution is -2.31. The van der Waals surface area contributed by atoms with Crippen LogP contribution in [-0.4, -0.2) is 42.1 Å². The molecule has 19 heavy (non-hydrogen) atoms. The highest BCUT2D eigenvalue weighted by molar-refractivity contribution is 5.98. The SMILES string of the molecule is CC(C)N(C)CCCNC(=O)c1cccc(N)c1O. The Morgan fingerprint density at radius 1 is 1.47 bits per heavy atom. The molecule has 1 rings (SSSR count). The molecule has 1 aromatic rings. The molecular weight excluding hydrogens is 242 g/mol. The molecule has 0 aliphatic rings. The van der Waals surface area contributed by atoms with E-state index in [1.807, 2.05) is 0 Å². The summed E-state index contributed by atoms with van der Waals surface area (Å²) in [5.41, 5.74) is 5.98. The molecule has 0 bridgehead atoms. The number of aromatic hydroxyl groups is 1. The van der Waals surface area contributed by atoms with Crippen molar-refractivity contribution < 1.29 is 9.90 Å². The lowest BCUT2D eigenvalue weighted by atomic mass is 10.1. The van der Waals surface area contributed by atoms with Gasteiger partial charge >= 0.3 is 0 Å². The van der Waals surface area contributed by atoms with Crippen molar-refractivity contribution in [2.75, 3.05) is 25.9 Å². The number of nitrogens with one attached hydrogen (secondary N) is 1. The maximum Gasteiger partial charge on any atom is 0.255 e. The van der Waals surface area contributed by atoms with Crippen molar-refractivity contribution >= 4 is 11.6 Å². The lowest BCUT2D eigenvalue weighted by molar-refractivity contribution is 0.0949. The van der Waals surface area contributed by atoms with E-state index in [9.17, 15) is 9.90 Å². The Morgan fingerprint density at radius 3 is 2.79 bits per heavy atom. The first-order valence-corrected chi connectivity index (χ1v) is 6.49. The molecule has 106 valence electrons. The minimum atomic E-state index is -0.294. The molecule has 0 spiro atoms. The number of nitrogens with zero attached hydrogens (tertiary/aromatic N) is 1. The number of hydrogen-bond acceptors (Lipinski definition) is 4. The number of amides is 1. The van der Waals surface area contributed by atoms with E-state index in [0.29, 0.717) is 12.6 Å². The molecule has 0 heterocycles. The first kappa shape index (κ1) is 15.3. The van der Waals surface area contributed by atoms with Crippen molar-refractivity contribution in [2.45, 2.75) is 26.3 Å². The average Bonchev–Trinajstić information content (AvgIpc) is 2.37. The van der Waals surface area contributed by atoms with Crippen LogP contribution in [0.3, 0.4) is 0 Å². The van der Waals surface area contributed by atoms with E-state index in [4.69, 9.17) is 5.73 Å². The molecule has 0 unspecified atom stereocenters. The Balaban J connectivity index is 2.42. The fraction of sp³-hybridized carbons (Fsp3) is 0.500. The largest absolute Gasteiger partial charge is 0.505 e. The molecule has 5 nitrogen and oxygen atoms in total. The smallest absolute Gasteiger partial charge is 0.255 e. The van der Waals surface area contributed by atoms with E-state index in [1.165, 1.54) is 0 Å². The number of benzene rings is 1. The molecule has 1 amide bonds. The molecule has 0 saturated heterocycles. The van der Waals surface area contributed by atoms with E-state index >= 15 is 0 Å². The summed E-state index contributed by atoms with van der Waals surface area (Å²) in [4.78, 5) is 14.1. The third-order valence-electron chi connectivity index (χ3n) is 3.17. The molecule has 1 aromatic carbocycles. The summed E-state index contributed by atoms with van der Waals surface area (Å²) in [7, 11) is 2.05. The maximum atomic E-state index is 11.9. The van der Waals surface area contributed by atoms with Crippen LogP contribution < -0.4 is 11.1 Å². The van der Waals surface area contributed by atoms with E-state index in [1.54, 1.807) is 18.2 Å².